The molecular formula is C15H28O2. The van der Waals surface area contributed by atoms with E-state index in [-0.39, 0.29) is 23.4 Å². The Labute approximate surface area is 106 Å². The minimum atomic E-state index is -0.109. The maximum absolute atomic E-state index is 6.15. The van der Waals surface area contributed by atoms with Gasteiger partial charge in [-0.05, 0) is 60.8 Å². The highest BCUT2D eigenvalue weighted by Gasteiger charge is 2.30. The van der Waals surface area contributed by atoms with Crippen LogP contribution in [0.1, 0.15) is 60.8 Å². The van der Waals surface area contributed by atoms with Gasteiger partial charge < -0.3 is 9.47 Å². The van der Waals surface area contributed by atoms with Gasteiger partial charge in [-0.15, -0.1) is 0 Å². The zero-order valence-corrected chi connectivity index (χ0v) is 12.2. The summed E-state index contributed by atoms with van der Waals surface area (Å²) in [5.74, 6) is 0. The highest BCUT2D eigenvalue weighted by Crippen LogP contribution is 2.26. The molecule has 1 aliphatic rings. The monoisotopic (exact) mass is 240 g/mol. The fraction of sp³-hybridized carbons (Fsp3) is 0.867. The molecule has 0 aromatic rings. The van der Waals surface area contributed by atoms with E-state index in [1.165, 1.54) is 0 Å². The lowest BCUT2D eigenvalue weighted by atomic mass is 10.0. The van der Waals surface area contributed by atoms with Crippen LogP contribution in [0.3, 0.4) is 0 Å². The molecule has 2 atom stereocenters. The Bertz CT molecular complexity index is 255. The summed E-state index contributed by atoms with van der Waals surface area (Å²) in [5.41, 5.74) is -0.211. The van der Waals surface area contributed by atoms with Gasteiger partial charge in [-0.3, -0.25) is 0 Å². The van der Waals surface area contributed by atoms with E-state index in [0.29, 0.717) is 0 Å². The van der Waals surface area contributed by atoms with Crippen LogP contribution >= 0.6 is 0 Å². The topological polar surface area (TPSA) is 18.5 Å². The van der Waals surface area contributed by atoms with Crippen molar-refractivity contribution in [2.45, 2.75) is 84.2 Å². The quantitative estimate of drug-likeness (QED) is 0.677. The molecule has 0 aromatic heterocycles. The molecule has 100 valence electrons. The molecule has 0 saturated carbocycles. The van der Waals surface area contributed by atoms with Crippen LogP contribution in [0.4, 0.5) is 0 Å². The number of hydrogen-bond acceptors (Lipinski definition) is 2. The zero-order chi connectivity index (χ0) is 13.1. The Morgan fingerprint density at radius 1 is 0.824 bits per heavy atom. The molecule has 0 fully saturated rings. The summed E-state index contributed by atoms with van der Waals surface area (Å²) in [5, 5.41) is 0. The molecule has 0 bridgehead atoms. The van der Waals surface area contributed by atoms with Crippen molar-refractivity contribution in [3.8, 4) is 0 Å². The Morgan fingerprint density at radius 2 is 1.35 bits per heavy atom. The SMILES string of the molecule is CC(C)(C)OC1CC=CCCC1OC(C)(C)C. The summed E-state index contributed by atoms with van der Waals surface area (Å²) >= 11 is 0. The second kappa shape index (κ2) is 5.53. The van der Waals surface area contributed by atoms with Crippen LogP contribution in [0.5, 0.6) is 0 Å². The number of ether oxygens (including phenoxy) is 2. The Balaban J connectivity index is 2.69. The van der Waals surface area contributed by atoms with Crippen LogP contribution in [-0.2, 0) is 9.47 Å². The second-order valence-electron chi connectivity index (χ2n) is 6.82. The minimum absolute atomic E-state index is 0.103. The van der Waals surface area contributed by atoms with Crippen LogP contribution in [0.15, 0.2) is 12.2 Å². The largest absolute Gasteiger partial charge is 0.370 e. The van der Waals surface area contributed by atoms with Gasteiger partial charge in [0.05, 0.1) is 23.4 Å². The predicted molar refractivity (Wildman–Crippen MR) is 72.2 cm³/mol. The lowest BCUT2D eigenvalue weighted by molar-refractivity contribution is -0.162. The van der Waals surface area contributed by atoms with Crippen LogP contribution in [0.25, 0.3) is 0 Å². The van der Waals surface area contributed by atoms with Crippen molar-refractivity contribution in [3.05, 3.63) is 12.2 Å². The smallest absolute Gasteiger partial charge is 0.0878 e. The van der Waals surface area contributed by atoms with Crippen molar-refractivity contribution in [1.82, 2.24) is 0 Å². The van der Waals surface area contributed by atoms with E-state index in [2.05, 4.69) is 53.7 Å². The molecule has 0 N–H and O–H groups in total. The first kappa shape index (κ1) is 14.7. The average molecular weight is 240 g/mol. The fourth-order valence-electron chi connectivity index (χ4n) is 2.11. The standard InChI is InChI=1S/C15H28O2/c1-14(2,3)16-12-10-8-7-9-11-13(12)17-15(4,5)6/h7-8,12-13H,9-11H2,1-6H3. The summed E-state index contributed by atoms with van der Waals surface area (Å²) in [6.45, 7) is 12.7. The third kappa shape index (κ3) is 6.23. The maximum atomic E-state index is 6.15. The Morgan fingerprint density at radius 3 is 1.88 bits per heavy atom. The minimum Gasteiger partial charge on any atom is -0.370 e. The molecule has 2 unspecified atom stereocenters. The lowest BCUT2D eigenvalue weighted by Crippen LogP contribution is -2.40. The van der Waals surface area contributed by atoms with Crippen molar-refractivity contribution < 1.29 is 9.47 Å². The van der Waals surface area contributed by atoms with E-state index in [1.807, 2.05) is 0 Å². The number of hydrogen-bond donors (Lipinski definition) is 0. The van der Waals surface area contributed by atoms with Gasteiger partial charge in [0.15, 0.2) is 0 Å². The number of rotatable bonds is 2. The van der Waals surface area contributed by atoms with Gasteiger partial charge in [0.2, 0.25) is 0 Å². The van der Waals surface area contributed by atoms with E-state index in [0.717, 1.165) is 19.3 Å². The molecule has 0 aliphatic heterocycles. The summed E-state index contributed by atoms with van der Waals surface area (Å²) in [6, 6.07) is 0. The van der Waals surface area contributed by atoms with Crippen molar-refractivity contribution in [3.63, 3.8) is 0 Å². The van der Waals surface area contributed by atoms with Gasteiger partial charge in [0.25, 0.3) is 0 Å². The van der Waals surface area contributed by atoms with E-state index in [4.69, 9.17) is 9.47 Å². The first-order valence-electron chi connectivity index (χ1n) is 6.68. The molecule has 0 spiro atoms. The van der Waals surface area contributed by atoms with Gasteiger partial charge in [0, 0.05) is 0 Å². The highest BCUT2D eigenvalue weighted by molar-refractivity contribution is 4.94. The Kier molecular flexibility index (Phi) is 4.79. The molecule has 2 heteroatoms. The van der Waals surface area contributed by atoms with Gasteiger partial charge in [-0.25, -0.2) is 0 Å². The van der Waals surface area contributed by atoms with E-state index < -0.39 is 0 Å². The first-order valence-corrected chi connectivity index (χ1v) is 6.68. The van der Waals surface area contributed by atoms with Crippen LogP contribution in [0, 0.1) is 0 Å². The van der Waals surface area contributed by atoms with Gasteiger partial charge >= 0.3 is 0 Å². The second-order valence-corrected chi connectivity index (χ2v) is 6.82. The van der Waals surface area contributed by atoms with Gasteiger partial charge in [0.1, 0.15) is 0 Å². The third-order valence-electron chi connectivity index (χ3n) is 2.58. The van der Waals surface area contributed by atoms with E-state index in [9.17, 15) is 0 Å². The van der Waals surface area contributed by atoms with Crippen LogP contribution < -0.4 is 0 Å². The van der Waals surface area contributed by atoms with Gasteiger partial charge in [-0.2, -0.15) is 0 Å². The summed E-state index contributed by atoms with van der Waals surface area (Å²) in [4.78, 5) is 0. The van der Waals surface area contributed by atoms with Crippen molar-refractivity contribution in [2.24, 2.45) is 0 Å². The molecular weight excluding hydrogens is 212 g/mol. The molecule has 2 nitrogen and oxygen atoms in total. The fourth-order valence-corrected chi connectivity index (χ4v) is 2.11. The third-order valence-corrected chi connectivity index (χ3v) is 2.58. The molecule has 0 heterocycles. The van der Waals surface area contributed by atoms with E-state index in [1.54, 1.807) is 0 Å². The van der Waals surface area contributed by atoms with Crippen molar-refractivity contribution in [1.29, 1.82) is 0 Å². The molecule has 0 amide bonds. The molecule has 0 radical (unpaired) electrons. The summed E-state index contributed by atoms with van der Waals surface area (Å²) < 4.78 is 12.3. The molecule has 1 aliphatic carbocycles. The summed E-state index contributed by atoms with van der Waals surface area (Å²) in [7, 11) is 0. The lowest BCUT2D eigenvalue weighted by Gasteiger charge is -2.35. The number of allylic oxidation sites excluding steroid dienone is 1. The molecule has 0 saturated heterocycles. The van der Waals surface area contributed by atoms with E-state index >= 15 is 0 Å². The van der Waals surface area contributed by atoms with Crippen molar-refractivity contribution >= 4 is 0 Å². The van der Waals surface area contributed by atoms with Gasteiger partial charge in [-0.1, -0.05) is 12.2 Å². The molecule has 17 heavy (non-hydrogen) atoms. The summed E-state index contributed by atoms with van der Waals surface area (Å²) in [6.07, 6.45) is 7.93. The molecule has 0 aromatic carbocycles. The predicted octanol–water partition coefficient (Wildman–Crippen LogP) is 4.09. The van der Waals surface area contributed by atoms with Crippen LogP contribution in [0.2, 0.25) is 0 Å². The van der Waals surface area contributed by atoms with Crippen molar-refractivity contribution in [2.75, 3.05) is 0 Å². The highest BCUT2D eigenvalue weighted by atomic mass is 16.6. The van der Waals surface area contributed by atoms with Crippen LogP contribution in [-0.4, -0.2) is 23.4 Å². The Hall–Kier alpha value is -0.340. The average Bonchev–Trinajstić information content (AvgIpc) is 2.27. The zero-order valence-electron chi connectivity index (χ0n) is 12.2. The first-order chi connectivity index (χ1) is 7.67. The maximum Gasteiger partial charge on any atom is 0.0878 e. The normalized spacial score (nSPS) is 26.9. The molecule has 1 rings (SSSR count).